The smallest absolute Gasteiger partial charge is 0.338 e. The molecule has 1 fully saturated rings. The number of benzene rings is 2. The van der Waals surface area contributed by atoms with Gasteiger partial charge in [-0.1, -0.05) is 18.2 Å². The van der Waals surface area contributed by atoms with E-state index >= 15 is 0 Å². The fraction of sp³-hybridized carbons (Fsp3) is 0.333. The number of carbonyl (C=O) groups excluding carboxylic acids is 2. The number of anilines is 1. The zero-order valence-electron chi connectivity index (χ0n) is 16.5. The van der Waals surface area contributed by atoms with Crippen LogP contribution in [0.4, 0.5) is 5.69 Å². The van der Waals surface area contributed by atoms with E-state index in [9.17, 15) is 18.0 Å². The maximum atomic E-state index is 12.4. The summed E-state index contributed by atoms with van der Waals surface area (Å²) in [6, 6.07) is 14.2. The Bertz CT molecular complexity index is 970. The molecule has 0 aromatic heterocycles. The SMILES string of the molecule is C[C@H](OC(=O)c1ccc(S(=O)(=O)NC[C@H]2CCCO2)cc1)C(=O)Nc1ccccc1. The first kappa shape index (κ1) is 21.9. The molecule has 8 nitrogen and oxygen atoms in total. The van der Waals surface area contributed by atoms with Crippen LogP contribution in [0.15, 0.2) is 59.5 Å². The van der Waals surface area contributed by atoms with Crippen molar-refractivity contribution < 1.29 is 27.5 Å². The van der Waals surface area contributed by atoms with Gasteiger partial charge in [0.25, 0.3) is 5.91 Å². The third-order valence-electron chi connectivity index (χ3n) is 4.62. The fourth-order valence-electron chi connectivity index (χ4n) is 2.91. The number of nitrogens with one attached hydrogen (secondary N) is 2. The summed E-state index contributed by atoms with van der Waals surface area (Å²) in [5, 5.41) is 2.65. The monoisotopic (exact) mass is 432 g/mol. The zero-order chi connectivity index (χ0) is 21.6. The molecule has 1 aliphatic rings. The van der Waals surface area contributed by atoms with Gasteiger partial charge in [0.05, 0.1) is 16.6 Å². The van der Waals surface area contributed by atoms with Crippen LogP contribution in [-0.4, -0.2) is 45.7 Å². The molecule has 1 saturated heterocycles. The molecule has 2 aromatic carbocycles. The van der Waals surface area contributed by atoms with Crippen molar-refractivity contribution in [3.63, 3.8) is 0 Å². The van der Waals surface area contributed by atoms with Gasteiger partial charge in [0.2, 0.25) is 10.0 Å². The predicted octanol–water partition coefficient (Wildman–Crippen LogP) is 2.33. The Hall–Kier alpha value is -2.75. The minimum atomic E-state index is -3.71. The van der Waals surface area contributed by atoms with Crippen LogP contribution in [0.25, 0.3) is 0 Å². The molecule has 0 spiro atoms. The third kappa shape index (κ3) is 5.88. The number of hydrogen-bond acceptors (Lipinski definition) is 6. The number of hydrogen-bond donors (Lipinski definition) is 2. The number of sulfonamides is 1. The summed E-state index contributed by atoms with van der Waals surface area (Å²) in [7, 11) is -3.71. The molecule has 2 atom stereocenters. The molecule has 1 aliphatic heterocycles. The molecule has 0 radical (unpaired) electrons. The Morgan fingerprint density at radius 3 is 2.47 bits per heavy atom. The number of esters is 1. The Morgan fingerprint density at radius 2 is 1.83 bits per heavy atom. The molecule has 2 aromatic rings. The van der Waals surface area contributed by atoms with Crippen molar-refractivity contribution in [3.05, 3.63) is 60.2 Å². The van der Waals surface area contributed by atoms with Crippen molar-refractivity contribution in [1.29, 1.82) is 0 Å². The summed E-state index contributed by atoms with van der Waals surface area (Å²) >= 11 is 0. The molecule has 0 bridgehead atoms. The minimum absolute atomic E-state index is 0.0342. The van der Waals surface area contributed by atoms with Crippen molar-refractivity contribution in [2.45, 2.75) is 36.9 Å². The van der Waals surface area contributed by atoms with Crippen LogP contribution in [0.3, 0.4) is 0 Å². The highest BCUT2D eigenvalue weighted by molar-refractivity contribution is 7.89. The van der Waals surface area contributed by atoms with E-state index in [1.807, 2.05) is 6.07 Å². The van der Waals surface area contributed by atoms with Crippen molar-refractivity contribution in [2.75, 3.05) is 18.5 Å². The molecular formula is C21H24N2O6S. The lowest BCUT2D eigenvalue weighted by Crippen LogP contribution is -2.32. The molecule has 1 amide bonds. The van der Waals surface area contributed by atoms with Crippen molar-refractivity contribution in [2.24, 2.45) is 0 Å². The largest absolute Gasteiger partial charge is 0.449 e. The van der Waals surface area contributed by atoms with Crippen LogP contribution < -0.4 is 10.0 Å². The number of rotatable bonds is 8. The highest BCUT2D eigenvalue weighted by atomic mass is 32.2. The normalized spacial score (nSPS) is 17.3. The van der Waals surface area contributed by atoms with Gasteiger partial charge in [-0.15, -0.1) is 0 Å². The second-order valence-electron chi connectivity index (χ2n) is 6.91. The Morgan fingerprint density at radius 1 is 1.13 bits per heavy atom. The van der Waals surface area contributed by atoms with Gasteiger partial charge in [-0.25, -0.2) is 17.9 Å². The van der Waals surface area contributed by atoms with Gasteiger partial charge >= 0.3 is 5.97 Å². The van der Waals surface area contributed by atoms with Crippen LogP contribution in [-0.2, 0) is 24.3 Å². The zero-order valence-corrected chi connectivity index (χ0v) is 17.4. The molecule has 9 heteroatoms. The highest BCUT2D eigenvalue weighted by Crippen LogP contribution is 2.15. The lowest BCUT2D eigenvalue weighted by Gasteiger charge is -2.14. The van der Waals surface area contributed by atoms with Crippen LogP contribution in [0, 0.1) is 0 Å². The first-order valence-corrected chi connectivity index (χ1v) is 11.1. The number of para-hydroxylation sites is 1. The molecule has 2 N–H and O–H groups in total. The molecule has 30 heavy (non-hydrogen) atoms. The summed E-state index contributed by atoms with van der Waals surface area (Å²) < 4.78 is 37.9. The van der Waals surface area contributed by atoms with Crippen LogP contribution in [0.1, 0.15) is 30.1 Å². The summed E-state index contributed by atoms with van der Waals surface area (Å²) in [4.78, 5) is 24.5. The molecule has 3 rings (SSSR count). The van der Waals surface area contributed by atoms with E-state index in [0.29, 0.717) is 12.3 Å². The first-order valence-electron chi connectivity index (χ1n) is 9.63. The van der Waals surface area contributed by atoms with E-state index in [1.54, 1.807) is 24.3 Å². The van der Waals surface area contributed by atoms with E-state index in [0.717, 1.165) is 12.8 Å². The van der Waals surface area contributed by atoms with E-state index in [1.165, 1.54) is 31.2 Å². The van der Waals surface area contributed by atoms with E-state index in [-0.39, 0.29) is 23.1 Å². The Labute approximate surface area is 175 Å². The van der Waals surface area contributed by atoms with Gasteiger partial charge in [0, 0.05) is 18.8 Å². The molecule has 1 heterocycles. The van der Waals surface area contributed by atoms with Gasteiger partial charge in [0.1, 0.15) is 0 Å². The third-order valence-corrected chi connectivity index (χ3v) is 6.06. The lowest BCUT2D eigenvalue weighted by atomic mass is 10.2. The van der Waals surface area contributed by atoms with Gasteiger partial charge in [-0.3, -0.25) is 4.79 Å². The predicted molar refractivity (Wildman–Crippen MR) is 111 cm³/mol. The minimum Gasteiger partial charge on any atom is -0.449 e. The van der Waals surface area contributed by atoms with Crippen LogP contribution in [0.2, 0.25) is 0 Å². The quantitative estimate of drug-likeness (QED) is 0.620. The standard InChI is InChI=1S/C21H24N2O6S/c1-15(20(24)23-17-6-3-2-4-7-17)29-21(25)16-9-11-19(12-10-16)30(26,27)22-14-18-8-5-13-28-18/h2-4,6-7,9-12,15,18,22H,5,8,13-14H2,1H3,(H,23,24)/t15-,18+/m0/s1. The van der Waals surface area contributed by atoms with Crippen LogP contribution >= 0.6 is 0 Å². The average molecular weight is 432 g/mol. The molecule has 0 aliphatic carbocycles. The second kappa shape index (κ2) is 9.84. The summed E-state index contributed by atoms with van der Waals surface area (Å²) in [5.41, 5.74) is 0.739. The van der Waals surface area contributed by atoms with E-state index in [4.69, 9.17) is 9.47 Å². The number of amides is 1. The summed E-state index contributed by atoms with van der Waals surface area (Å²) in [6.45, 7) is 2.31. The molecule has 0 unspecified atom stereocenters. The van der Waals surface area contributed by atoms with Gasteiger partial charge in [0.15, 0.2) is 6.10 Å². The second-order valence-corrected chi connectivity index (χ2v) is 8.68. The number of ether oxygens (including phenoxy) is 2. The fourth-order valence-corrected chi connectivity index (χ4v) is 3.98. The Kier molecular flexibility index (Phi) is 7.20. The first-order chi connectivity index (χ1) is 14.3. The van der Waals surface area contributed by atoms with Crippen LogP contribution in [0.5, 0.6) is 0 Å². The van der Waals surface area contributed by atoms with E-state index < -0.39 is 28.0 Å². The van der Waals surface area contributed by atoms with Gasteiger partial charge in [-0.2, -0.15) is 0 Å². The maximum Gasteiger partial charge on any atom is 0.338 e. The van der Waals surface area contributed by atoms with E-state index in [2.05, 4.69) is 10.0 Å². The number of carbonyl (C=O) groups is 2. The molecule has 160 valence electrons. The van der Waals surface area contributed by atoms with Crippen molar-refractivity contribution in [1.82, 2.24) is 4.72 Å². The maximum absolute atomic E-state index is 12.4. The summed E-state index contributed by atoms with van der Waals surface area (Å²) in [6.07, 6.45) is 0.612. The van der Waals surface area contributed by atoms with Gasteiger partial charge in [-0.05, 0) is 56.2 Å². The summed E-state index contributed by atoms with van der Waals surface area (Å²) in [5.74, 6) is -1.19. The van der Waals surface area contributed by atoms with Crippen molar-refractivity contribution in [3.8, 4) is 0 Å². The topological polar surface area (TPSA) is 111 Å². The molecule has 0 saturated carbocycles. The average Bonchev–Trinajstić information content (AvgIpc) is 3.27. The molecular weight excluding hydrogens is 408 g/mol. The highest BCUT2D eigenvalue weighted by Gasteiger charge is 2.22. The lowest BCUT2D eigenvalue weighted by molar-refractivity contribution is -0.123. The van der Waals surface area contributed by atoms with Gasteiger partial charge < -0.3 is 14.8 Å². The Balaban J connectivity index is 1.55. The van der Waals surface area contributed by atoms with Crippen molar-refractivity contribution >= 4 is 27.6 Å².